The molecular weight excluding hydrogens is 352 g/mol. The van der Waals surface area contributed by atoms with Crippen LogP contribution in [-0.4, -0.2) is 45.1 Å². The molecule has 1 aliphatic rings. The summed E-state index contributed by atoms with van der Waals surface area (Å²) >= 11 is 0. The Kier molecular flexibility index (Phi) is 5.50. The number of carbonyl (C=O) groups is 1. The molecule has 146 valence electrons. The molecule has 1 N–H and O–H groups in total. The summed E-state index contributed by atoms with van der Waals surface area (Å²) in [6, 6.07) is 9.52. The van der Waals surface area contributed by atoms with Gasteiger partial charge in [-0.05, 0) is 49.4 Å². The van der Waals surface area contributed by atoms with Gasteiger partial charge in [0.2, 0.25) is 0 Å². The zero-order chi connectivity index (χ0) is 19.3. The van der Waals surface area contributed by atoms with Crippen molar-refractivity contribution in [1.82, 2.24) is 24.9 Å². The lowest BCUT2D eigenvalue weighted by molar-refractivity contribution is 0.0953. The van der Waals surface area contributed by atoms with Gasteiger partial charge in [-0.25, -0.2) is 4.98 Å². The molecule has 0 aromatic carbocycles. The average molecular weight is 378 g/mol. The molecule has 7 heteroatoms. The van der Waals surface area contributed by atoms with Gasteiger partial charge in [0.25, 0.3) is 5.91 Å². The van der Waals surface area contributed by atoms with Crippen LogP contribution in [0.15, 0.2) is 42.7 Å². The number of anilines is 1. The molecule has 28 heavy (non-hydrogen) atoms. The van der Waals surface area contributed by atoms with Gasteiger partial charge < -0.3 is 10.2 Å². The summed E-state index contributed by atoms with van der Waals surface area (Å²) in [5.74, 6) is 2.42. The van der Waals surface area contributed by atoms with Gasteiger partial charge >= 0.3 is 0 Å². The summed E-state index contributed by atoms with van der Waals surface area (Å²) in [6.07, 6.45) is 7.70. The van der Waals surface area contributed by atoms with E-state index in [1.54, 1.807) is 12.3 Å². The fourth-order valence-corrected chi connectivity index (χ4v) is 3.74. The van der Waals surface area contributed by atoms with Crippen LogP contribution in [0.2, 0.25) is 0 Å². The summed E-state index contributed by atoms with van der Waals surface area (Å²) < 4.78 is 1.98. The molecule has 1 aliphatic heterocycles. The van der Waals surface area contributed by atoms with E-state index in [2.05, 4.69) is 32.3 Å². The lowest BCUT2D eigenvalue weighted by atomic mass is 10.0. The van der Waals surface area contributed by atoms with Crippen molar-refractivity contribution in [2.24, 2.45) is 5.92 Å². The van der Waals surface area contributed by atoms with Crippen LogP contribution in [0.5, 0.6) is 0 Å². The first-order valence-electron chi connectivity index (χ1n) is 9.98. The number of nitrogens with zero attached hydrogens (tertiary/aromatic N) is 5. The average Bonchev–Trinajstić information content (AvgIpc) is 3.14. The van der Waals surface area contributed by atoms with Crippen molar-refractivity contribution >= 4 is 17.4 Å². The van der Waals surface area contributed by atoms with Crippen LogP contribution in [0.4, 0.5) is 5.82 Å². The zero-order valence-electron chi connectivity index (χ0n) is 16.2. The molecule has 1 amide bonds. The molecule has 1 saturated heterocycles. The number of nitrogens with one attached hydrogen (secondary N) is 1. The van der Waals surface area contributed by atoms with Crippen LogP contribution in [0.3, 0.4) is 0 Å². The molecule has 0 radical (unpaired) electrons. The highest BCUT2D eigenvalue weighted by Gasteiger charge is 2.18. The van der Waals surface area contributed by atoms with Crippen molar-refractivity contribution in [2.75, 3.05) is 24.5 Å². The van der Waals surface area contributed by atoms with Gasteiger partial charge in [0.05, 0.1) is 0 Å². The summed E-state index contributed by atoms with van der Waals surface area (Å²) in [4.78, 5) is 19.3. The van der Waals surface area contributed by atoms with Crippen molar-refractivity contribution in [3.63, 3.8) is 0 Å². The van der Waals surface area contributed by atoms with E-state index in [-0.39, 0.29) is 5.91 Å². The predicted octanol–water partition coefficient (Wildman–Crippen LogP) is 2.72. The monoisotopic (exact) mass is 378 g/mol. The van der Waals surface area contributed by atoms with E-state index in [0.717, 1.165) is 43.2 Å². The van der Waals surface area contributed by atoms with E-state index in [1.807, 2.05) is 34.9 Å². The number of carbonyl (C=O) groups excluding carboxylic acids is 1. The first kappa shape index (κ1) is 18.4. The van der Waals surface area contributed by atoms with Crippen LogP contribution in [-0.2, 0) is 6.42 Å². The van der Waals surface area contributed by atoms with E-state index in [9.17, 15) is 4.79 Å². The topological polar surface area (TPSA) is 75.4 Å². The Morgan fingerprint density at radius 3 is 3.11 bits per heavy atom. The van der Waals surface area contributed by atoms with E-state index in [0.29, 0.717) is 18.0 Å². The van der Waals surface area contributed by atoms with Gasteiger partial charge in [-0.2, -0.15) is 0 Å². The maximum Gasteiger partial charge on any atom is 0.251 e. The van der Waals surface area contributed by atoms with Crippen LogP contribution in [0, 0.1) is 5.92 Å². The number of rotatable bonds is 6. The number of aromatic nitrogens is 4. The van der Waals surface area contributed by atoms with Crippen LogP contribution in [0.1, 0.15) is 42.4 Å². The van der Waals surface area contributed by atoms with Gasteiger partial charge in [-0.15, -0.1) is 10.2 Å². The van der Waals surface area contributed by atoms with Crippen molar-refractivity contribution in [3.8, 4) is 0 Å². The summed E-state index contributed by atoms with van der Waals surface area (Å²) in [5, 5.41) is 11.4. The largest absolute Gasteiger partial charge is 0.356 e. The standard InChI is InChI=1S/C21H26N6O/c1-16-6-5-12-26(15-16)20-14-17(9-11-22-20)21(28)23-10-4-8-19-25-24-18-7-2-3-13-27(18)19/h2-3,7,9,11,13-14,16H,4-6,8,10,12,15H2,1H3,(H,23,28). The molecule has 1 fully saturated rings. The minimum absolute atomic E-state index is 0.0557. The minimum atomic E-state index is -0.0557. The SMILES string of the molecule is CC1CCCN(c2cc(C(=O)NCCCc3nnc4ccccn34)ccn2)C1. The van der Waals surface area contributed by atoms with Gasteiger partial charge in [-0.1, -0.05) is 13.0 Å². The number of piperidine rings is 1. The Labute approximate surface area is 164 Å². The number of hydrogen-bond donors (Lipinski definition) is 1. The van der Waals surface area contributed by atoms with Crippen molar-refractivity contribution < 1.29 is 4.79 Å². The molecule has 4 rings (SSSR count). The molecule has 3 aromatic rings. The molecule has 1 unspecified atom stereocenters. The molecule has 0 aliphatic carbocycles. The maximum atomic E-state index is 12.5. The Balaban J connectivity index is 1.31. The highest BCUT2D eigenvalue weighted by Crippen LogP contribution is 2.21. The third-order valence-corrected chi connectivity index (χ3v) is 5.24. The highest BCUT2D eigenvalue weighted by molar-refractivity contribution is 5.94. The second-order valence-corrected chi connectivity index (χ2v) is 7.50. The van der Waals surface area contributed by atoms with Crippen molar-refractivity contribution in [3.05, 3.63) is 54.1 Å². The first-order chi connectivity index (χ1) is 13.7. The van der Waals surface area contributed by atoms with Gasteiger partial charge in [0, 0.05) is 44.0 Å². The van der Waals surface area contributed by atoms with Crippen molar-refractivity contribution in [1.29, 1.82) is 0 Å². The summed E-state index contributed by atoms with van der Waals surface area (Å²) in [6.45, 7) is 4.87. The van der Waals surface area contributed by atoms with Gasteiger partial charge in [-0.3, -0.25) is 9.20 Å². The molecule has 1 atom stereocenters. The number of amides is 1. The second-order valence-electron chi connectivity index (χ2n) is 7.50. The first-order valence-corrected chi connectivity index (χ1v) is 9.98. The van der Waals surface area contributed by atoms with Crippen LogP contribution >= 0.6 is 0 Å². The van der Waals surface area contributed by atoms with Crippen molar-refractivity contribution in [2.45, 2.75) is 32.6 Å². The minimum Gasteiger partial charge on any atom is -0.356 e. The molecule has 0 saturated carbocycles. The third kappa shape index (κ3) is 4.13. The number of aryl methyl sites for hydroxylation is 1. The zero-order valence-corrected chi connectivity index (χ0v) is 16.2. The third-order valence-electron chi connectivity index (χ3n) is 5.24. The fraction of sp³-hybridized carbons (Fsp3) is 0.429. The normalized spacial score (nSPS) is 17.0. The lowest BCUT2D eigenvalue weighted by Crippen LogP contribution is -2.35. The molecule has 4 heterocycles. The molecule has 7 nitrogen and oxygen atoms in total. The van der Waals surface area contributed by atoms with Crippen LogP contribution in [0.25, 0.3) is 5.65 Å². The van der Waals surface area contributed by atoms with Crippen LogP contribution < -0.4 is 10.2 Å². The van der Waals surface area contributed by atoms with E-state index in [4.69, 9.17) is 0 Å². The summed E-state index contributed by atoms with van der Waals surface area (Å²) in [5.41, 5.74) is 1.51. The molecule has 0 bridgehead atoms. The van der Waals surface area contributed by atoms with E-state index in [1.165, 1.54) is 12.8 Å². The Morgan fingerprint density at radius 2 is 2.21 bits per heavy atom. The van der Waals surface area contributed by atoms with E-state index >= 15 is 0 Å². The summed E-state index contributed by atoms with van der Waals surface area (Å²) in [7, 11) is 0. The smallest absolute Gasteiger partial charge is 0.251 e. The molecule has 3 aromatic heterocycles. The number of hydrogen-bond acceptors (Lipinski definition) is 5. The Bertz CT molecular complexity index is 953. The van der Waals surface area contributed by atoms with Gasteiger partial charge in [0.1, 0.15) is 11.6 Å². The predicted molar refractivity (Wildman–Crippen MR) is 108 cm³/mol. The number of pyridine rings is 2. The highest BCUT2D eigenvalue weighted by atomic mass is 16.1. The second kappa shape index (κ2) is 8.37. The lowest BCUT2D eigenvalue weighted by Gasteiger charge is -2.31. The Morgan fingerprint density at radius 1 is 1.29 bits per heavy atom. The molecular formula is C21H26N6O. The maximum absolute atomic E-state index is 12.5. The van der Waals surface area contributed by atoms with Gasteiger partial charge in [0.15, 0.2) is 5.65 Å². The van der Waals surface area contributed by atoms with E-state index < -0.39 is 0 Å². The molecule has 0 spiro atoms. The fourth-order valence-electron chi connectivity index (χ4n) is 3.74. The Hall–Kier alpha value is -2.96. The quantitative estimate of drug-likeness (QED) is 0.668. The number of fused-ring (bicyclic) bond motifs is 1.